The summed E-state index contributed by atoms with van der Waals surface area (Å²) in [4.78, 5) is 40.3. The van der Waals surface area contributed by atoms with Crippen molar-refractivity contribution in [2.24, 2.45) is 0 Å². The predicted octanol–water partition coefficient (Wildman–Crippen LogP) is 29.9. The van der Waals surface area contributed by atoms with Crippen molar-refractivity contribution in [2.45, 2.75) is 38.9 Å². The summed E-state index contributed by atoms with van der Waals surface area (Å²) in [6, 6.07) is 152. The number of halogens is 1. The van der Waals surface area contributed by atoms with Crippen LogP contribution in [-0.2, 0) is 9.31 Å². The number of pyridine rings is 2. The van der Waals surface area contributed by atoms with Gasteiger partial charge < -0.3 is 9.31 Å². The summed E-state index contributed by atoms with van der Waals surface area (Å²) < 4.78 is 13.7. The van der Waals surface area contributed by atoms with E-state index >= 15 is 0 Å². The van der Waals surface area contributed by atoms with Gasteiger partial charge in [0.15, 0.2) is 34.9 Å². The predicted molar refractivity (Wildman–Crippen MR) is 541 cm³/mol. The molecule has 1 aliphatic heterocycles. The Morgan fingerprint density at radius 1 is 0.192 bits per heavy atom. The van der Waals surface area contributed by atoms with Crippen LogP contribution in [0.15, 0.2) is 441 Å². The van der Waals surface area contributed by atoms with Crippen molar-refractivity contribution in [1.29, 1.82) is 0 Å². The van der Waals surface area contributed by atoms with Gasteiger partial charge in [0.25, 0.3) is 0 Å². The van der Waals surface area contributed by atoms with E-state index in [9.17, 15) is 0 Å². The number of fused-ring (bicyclic) bond motifs is 8. The van der Waals surface area contributed by atoms with Crippen molar-refractivity contribution in [3.8, 4) is 146 Å². The molecule has 0 bridgehead atoms. The first-order valence-electron chi connectivity index (χ1n) is 43.8. The fourth-order valence-corrected chi connectivity index (χ4v) is 17.5. The highest BCUT2D eigenvalue weighted by Gasteiger charge is 2.53. The highest BCUT2D eigenvalue weighted by atomic mass is 79.9. The minimum atomic E-state index is -0.483. The molecule has 0 amide bonds. The molecule has 618 valence electrons. The van der Waals surface area contributed by atoms with Crippen LogP contribution in [0.25, 0.3) is 211 Å². The van der Waals surface area contributed by atoms with Crippen molar-refractivity contribution in [2.75, 3.05) is 0 Å². The summed E-state index contributed by atoms with van der Waals surface area (Å²) in [6.45, 7) is 8.30. The van der Waals surface area contributed by atoms with E-state index in [-0.39, 0.29) is 0 Å². The molecule has 0 radical (unpaired) electrons. The first kappa shape index (κ1) is 81.4. The smallest absolute Gasteiger partial charge is 0.398 e. The van der Waals surface area contributed by atoms with E-state index in [1.807, 2.05) is 42.5 Å². The standard InChI is InChI=1S/C56H36N4.C39H26BrN3.C23H22BNO2/c1-3-12-37(13-4-1)39-22-28-42(29-23-39)54-58-55(43-30-24-40(25-31-43)38-14-5-2-6-15-38)60-56(59-54)44-32-26-41(27-33-44)45-18-11-19-48(34-45)53-51-36-47-17-8-7-16-46(47)35-50(51)49-20-9-10-21-52(49)57-53;40-36-13-7-12-35(26-36)31-18-24-34(25-19-31)39-42-37(32-20-14-29(15-21-32)27-8-3-1-4-9-27)41-38(43-39)33-22-16-30(17-23-33)28-10-5-2-6-11-28;1-22(2)23(3,4)27-24(26-22)21-19-14-16-10-6-5-9-15(16)13-18(19)17-11-7-8-12-20(17)25-21/h1-36H;1-26H;5-14H,1-4H3. The van der Waals surface area contributed by atoms with Gasteiger partial charge in [-0.05, 0) is 181 Å². The molecule has 0 spiro atoms. The Labute approximate surface area is 763 Å². The topological polar surface area (TPSA) is 122 Å². The summed E-state index contributed by atoms with van der Waals surface area (Å²) in [5.41, 5.74) is 23.4. The van der Waals surface area contributed by atoms with E-state index < -0.39 is 18.3 Å². The van der Waals surface area contributed by atoms with Crippen molar-refractivity contribution < 1.29 is 9.31 Å². The number of benzene rings is 18. The number of rotatable bonds is 14. The molecule has 1 aliphatic rings. The molecule has 18 aromatic carbocycles. The second kappa shape index (κ2) is 35.3. The van der Waals surface area contributed by atoms with E-state index in [0.29, 0.717) is 34.9 Å². The number of hydrogen-bond acceptors (Lipinski definition) is 10. The van der Waals surface area contributed by atoms with Crippen LogP contribution in [0.4, 0.5) is 0 Å². The highest BCUT2D eigenvalue weighted by Crippen LogP contribution is 2.42. The summed E-state index contributed by atoms with van der Waals surface area (Å²) in [6.07, 6.45) is 0. The monoisotopic (exact) mass is 1730 g/mol. The van der Waals surface area contributed by atoms with E-state index in [0.717, 1.165) is 132 Å². The molecule has 0 unspecified atom stereocenters. The van der Waals surface area contributed by atoms with E-state index in [2.05, 4.69) is 438 Å². The van der Waals surface area contributed by atoms with Gasteiger partial charge >= 0.3 is 7.12 Å². The zero-order valence-electron chi connectivity index (χ0n) is 71.9. The van der Waals surface area contributed by atoms with E-state index in [1.54, 1.807) is 0 Å². The molecule has 10 nitrogen and oxygen atoms in total. The lowest BCUT2D eigenvalue weighted by Crippen LogP contribution is -2.41. The lowest BCUT2D eigenvalue weighted by atomic mass is 9.79. The number of aromatic nitrogens is 8. The van der Waals surface area contributed by atoms with Crippen molar-refractivity contribution >= 4 is 93.5 Å². The van der Waals surface area contributed by atoms with Crippen LogP contribution in [0.5, 0.6) is 0 Å². The van der Waals surface area contributed by atoms with Crippen LogP contribution in [0.3, 0.4) is 0 Å². The Kier molecular flexibility index (Phi) is 22.1. The van der Waals surface area contributed by atoms with E-state index in [4.69, 9.17) is 49.2 Å². The molecule has 5 heterocycles. The van der Waals surface area contributed by atoms with Crippen LogP contribution in [-0.4, -0.2) is 58.2 Å². The Morgan fingerprint density at radius 2 is 0.438 bits per heavy atom. The first-order valence-corrected chi connectivity index (χ1v) is 44.6. The van der Waals surface area contributed by atoms with Gasteiger partial charge in [-0.25, -0.2) is 34.9 Å². The quantitative estimate of drug-likeness (QED) is 0.0591. The largest absolute Gasteiger partial charge is 0.515 e. The van der Waals surface area contributed by atoms with Crippen LogP contribution < -0.4 is 5.59 Å². The third-order valence-corrected chi connectivity index (χ3v) is 25.3. The van der Waals surface area contributed by atoms with Crippen LogP contribution in [0.1, 0.15) is 27.7 Å². The molecule has 4 aromatic heterocycles. The first-order chi connectivity index (χ1) is 63.7. The average Bonchev–Trinajstić information content (AvgIpc) is 1.71. The molecular formula is C118H84BBrN8O2. The Bertz CT molecular complexity index is 7720. The number of para-hydroxylation sites is 2. The molecule has 12 heteroatoms. The number of nitrogens with zero attached hydrogens (tertiary/aromatic N) is 8. The molecule has 22 aromatic rings. The zero-order valence-corrected chi connectivity index (χ0v) is 73.5. The van der Waals surface area contributed by atoms with Gasteiger partial charge in [-0.2, -0.15) is 0 Å². The molecule has 0 N–H and O–H groups in total. The van der Waals surface area contributed by atoms with Crippen LogP contribution >= 0.6 is 15.9 Å². The fourth-order valence-electron chi connectivity index (χ4n) is 17.1. The lowest BCUT2D eigenvalue weighted by molar-refractivity contribution is 0.00578. The maximum atomic E-state index is 6.33. The second-order valence-corrected chi connectivity index (χ2v) is 34.6. The van der Waals surface area contributed by atoms with Gasteiger partial charge in [-0.1, -0.05) is 398 Å². The minimum Gasteiger partial charge on any atom is -0.398 e. The third kappa shape index (κ3) is 16.9. The molecule has 1 saturated heterocycles. The molecule has 23 rings (SSSR count). The molecule has 0 atom stereocenters. The van der Waals surface area contributed by atoms with E-state index in [1.165, 1.54) is 54.6 Å². The Morgan fingerprint density at radius 3 is 0.785 bits per heavy atom. The lowest BCUT2D eigenvalue weighted by Gasteiger charge is -2.32. The molecule has 0 aliphatic carbocycles. The Balaban J connectivity index is 0.000000127. The zero-order chi connectivity index (χ0) is 87.7. The fraction of sp³-hybridized carbons (Fsp3) is 0.0508. The van der Waals surface area contributed by atoms with Crippen molar-refractivity contribution in [3.05, 3.63) is 441 Å². The molecular weight excluding hydrogens is 1650 g/mol. The van der Waals surface area contributed by atoms with Crippen molar-refractivity contribution in [1.82, 2.24) is 39.9 Å². The minimum absolute atomic E-state index is 0.395. The van der Waals surface area contributed by atoms with Gasteiger partial charge in [0.05, 0.1) is 33.5 Å². The molecule has 130 heavy (non-hydrogen) atoms. The summed E-state index contributed by atoms with van der Waals surface area (Å²) in [7, 11) is -0.483. The maximum absolute atomic E-state index is 6.33. The molecule has 0 saturated carbocycles. The van der Waals surface area contributed by atoms with Gasteiger partial charge in [-0.15, -0.1) is 0 Å². The van der Waals surface area contributed by atoms with Crippen LogP contribution in [0, 0.1) is 0 Å². The summed E-state index contributed by atoms with van der Waals surface area (Å²) in [5.74, 6) is 3.79. The Hall–Kier alpha value is -15.7. The maximum Gasteiger partial charge on any atom is 0.515 e. The second-order valence-electron chi connectivity index (χ2n) is 33.7. The van der Waals surface area contributed by atoms with Gasteiger partial charge in [0, 0.05) is 65.0 Å². The summed E-state index contributed by atoms with van der Waals surface area (Å²) in [5, 5.41) is 11.8. The van der Waals surface area contributed by atoms with Crippen LogP contribution in [0.2, 0.25) is 0 Å². The highest BCUT2D eigenvalue weighted by molar-refractivity contribution is 9.10. The normalized spacial score (nSPS) is 12.7. The summed E-state index contributed by atoms with van der Waals surface area (Å²) >= 11 is 3.58. The average molecular weight is 1740 g/mol. The third-order valence-electron chi connectivity index (χ3n) is 24.8. The van der Waals surface area contributed by atoms with Gasteiger partial charge in [0.2, 0.25) is 0 Å². The SMILES string of the molecule is Brc1cccc(-c2ccc(-c3nc(-c4ccc(-c5ccccc5)cc4)nc(-c4ccc(-c5ccccc5)cc4)n3)cc2)c1.CC1(C)OB(c2nc3ccccc3c3cc4ccccc4cc23)OC1(C)C.c1ccc(-c2ccc(-c3nc(-c4ccc(-c5ccccc5)cc4)nc(-c4ccc(-c5cccc(-c6nc7ccccc7c7cc8ccccc8cc67)c5)cc4)n3)cc2)cc1. The van der Waals surface area contributed by atoms with Crippen molar-refractivity contribution in [3.63, 3.8) is 0 Å². The molecule has 1 fully saturated rings. The number of hydrogen-bond donors (Lipinski definition) is 0. The van der Waals surface area contributed by atoms with Gasteiger partial charge in [0.1, 0.15) is 0 Å². The van der Waals surface area contributed by atoms with Gasteiger partial charge in [-0.3, -0.25) is 4.98 Å².